The molecule has 106 valence electrons. The SMILES string of the molecule is ClC1=C(Cl)[C@@]2(Cl)[C@@H]3[C@@H]4C[C@@H](C[C@@H]4I)[C@H]3[C@@]1(Cl)C2(Cl)Cl. The van der Waals surface area contributed by atoms with Gasteiger partial charge in [0, 0.05) is 3.92 Å². The van der Waals surface area contributed by atoms with E-state index in [2.05, 4.69) is 22.6 Å². The summed E-state index contributed by atoms with van der Waals surface area (Å²) >= 11 is 42.2. The van der Waals surface area contributed by atoms with Gasteiger partial charge in [-0.25, -0.2) is 0 Å². The number of fused-ring (bicyclic) bond motifs is 9. The lowest BCUT2D eigenvalue weighted by molar-refractivity contribution is 0.228. The van der Waals surface area contributed by atoms with Crippen LogP contribution in [0.4, 0.5) is 0 Å². The highest BCUT2D eigenvalue weighted by Gasteiger charge is 2.86. The van der Waals surface area contributed by atoms with Gasteiger partial charge in [-0.2, -0.15) is 0 Å². The Morgan fingerprint density at radius 1 is 0.895 bits per heavy atom. The van der Waals surface area contributed by atoms with Gasteiger partial charge in [-0.15, -0.1) is 23.2 Å². The monoisotopic (exact) mass is 490 g/mol. The molecule has 0 aliphatic heterocycles. The minimum Gasteiger partial charge on any atom is -0.109 e. The Kier molecular flexibility index (Phi) is 3.11. The molecule has 4 bridgehead atoms. The Morgan fingerprint density at radius 3 is 2.00 bits per heavy atom. The first-order chi connectivity index (χ1) is 8.69. The molecular formula is C12H9Cl6I. The van der Waals surface area contributed by atoms with Crippen molar-refractivity contribution in [3.05, 3.63) is 10.1 Å². The van der Waals surface area contributed by atoms with Gasteiger partial charge in [0.1, 0.15) is 9.75 Å². The van der Waals surface area contributed by atoms with Gasteiger partial charge in [0.15, 0.2) is 4.33 Å². The maximum atomic E-state index is 6.86. The van der Waals surface area contributed by atoms with Crippen LogP contribution in [0.25, 0.3) is 0 Å². The summed E-state index contributed by atoms with van der Waals surface area (Å²) in [4.78, 5) is -2.07. The Balaban J connectivity index is 1.99. The van der Waals surface area contributed by atoms with Gasteiger partial charge < -0.3 is 0 Å². The molecule has 19 heavy (non-hydrogen) atoms. The van der Waals surface area contributed by atoms with Crippen LogP contribution in [-0.2, 0) is 0 Å². The van der Waals surface area contributed by atoms with Crippen LogP contribution in [0.15, 0.2) is 10.1 Å². The summed E-state index contributed by atoms with van der Waals surface area (Å²) in [7, 11) is 0. The number of halogens is 7. The minimum atomic E-state index is -1.34. The summed E-state index contributed by atoms with van der Waals surface area (Å²) in [5.74, 6) is 1.22. The predicted molar refractivity (Wildman–Crippen MR) is 91.3 cm³/mol. The maximum Gasteiger partial charge on any atom is 0.166 e. The third kappa shape index (κ3) is 1.29. The van der Waals surface area contributed by atoms with E-state index < -0.39 is 14.1 Å². The molecule has 3 fully saturated rings. The fourth-order valence-corrected chi connectivity index (χ4v) is 9.51. The number of hydrogen-bond acceptors (Lipinski definition) is 0. The zero-order valence-electron chi connectivity index (χ0n) is 9.45. The fourth-order valence-electron chi connectivity index (χ4n) is 4.97. The van der Waals surface area contributed by atoms with Crippen LogP contribution in [0.3, 0.4) is 0 Å². The van der Waals surface area contributed by atoms with Crippen molar-refractivity contribution in [1.82, 2.24) is 0 Å². The van der Waals surface area contributed by atoms with Gasteiger partial charge in [-0.3, -0.25) is 0 Å². The van der Waals surface area contributed by atoms with E-state index in [1.54, 1.807) is 0 Å². The molecule has 7 atom stereocenters. The normalized spacial score (nSPS) is 61.1. The summed E-state index contributed by atoms with van der Waals surface area (Å²) < 4.78 is -0.754. The van der Waals surface area contributed by atoms with Crippen molar-refractivity contribution in [3.8, 4) is 0 Å². The molecule has 4 rings (SSSR count). The van der Waals surface area contributed by atoms with E-state index in [9.17, 15) is 0 Å². The van der Waals surface area contributed by atoms with E-state index in [4.69, 9.17) is 69.6 Å². The second-order valence-electron chi connectivity index (χ2n) is 6.09. The van der Waals surface area contributed by atoms with E-state index in [1.165, 1.54) is 0 Å². The molecule has 3 saturated carbocycles. The standard InChI is InChI=1S/C12H9Cl6I/c13-8-9(14)11(16)7-4-1-3(2-5(4)19)6(7)10(8,15)12(11,17)18/h3-7H,1-2H2/t3-,4+,5-,6+,7+,10-,11-/m0/s1. The first kappa shape index (κ1) is 14.8. The molecule has 0 saturated heterocycles. The number of allylic oxidation sites excluding steroid dienone is 2. The molecule has 0 aromatic heterocycles. The molecule has 0 radical (unpaired) electrons. The van der Waals surface area contributed by atoms with E-state index in [0.717, 1.165) is 12.8 Å². The van der Waals surface area contributed by atoms with Crippen molar-refractivity contribution in [2.45, 2.75) is 30.8 Å². The average Bonchev–Trinajstić information content (AvgIpc) is 2.95. The summed E-state index contributed by atoms with van der Waals surface area (Å²) in [5.41, 5.74) is 0. The first-order valence-electron chi connectivity index (χ1n) is 6.15. The van der Waals surface area contributed by atoms with E-state index in [1.807, 2.05) is 0 Å². The summed E-state index contributed by atoms with van der Waals surface area (Å²) in [6, 6.07) is 0. The molecule has 0 N–H and O–H groups in total. The van der Waals surface area contributed by atoms with Gasteiger partial charge in [0.2, 0.25) is 0 Å². The second-order valence-corrected chi connectivity index (χ2v) is 11.0. The van der Waals surface area contributed by atoms with E-state index in [0.29, 0.717) is 25.8 Å². The van der Waals surface area contributed by atoms with E-state index in [-0.39, 0.29) is 11.8 Å². The zero-order chi connectivity index (χ0) is 14.0. The van der Waals surface area contributed by atoms with Crippen LogP contribution in [0.5, 0.6) is 0 Å². The molecule has 0 spiro atoms. The molecule has 0 aromatic carbocycles. The summed E-state index contributed by atoms with van der Waals surface area (Å²) in [6.45, 7) is 0. The molecule has 0 aromatic rings. The van der Waals surface area contributed by atoms with Crippen molar-refractivity contribution in [1.29, 1.82) is 0 Å². The zero-order valence-corrected chi connectivity index (χ0v) is 16.1. The molecule has 0 heterocycles. The van der Waals surface area contributed by atoms with Gasteiger partial charge in [0.05, 0.1) is 10.1 Å². The molecule has 4 aliphatic rings. The van der Waals surface area contributed by atoms with Crippen LogP contribution in [0.2, 0.25) is 0 Å². The topological polar surface area (TPSA) is 0 Å². The van der Waals surface area contributed by atoms with Crippen LogP contribution in [0, 0.1) is 23.7 Å². The van der Waals surface area contributed by atoms with Crippen LogP contribution < -0.4 is 0 Å². The summed E-state index contributed by atoms with van der Waals surface area (Å²) in [6.07, 6.45) is 2.27. The van der Waals surface area contributed by atoms with Gasteiger partial charge in [-0.05, 0) is 36.5 Å². The smallest absolute Gasteiger partial charge is 0.109 e. The second kappa shape index (κ2) is 3.99. The Bertz CT molecular complexity index is 518. The number of hydrogen-bond donors (Lipinski definition) is 0. The fraction of sp³-hybridized carbons (Fsp3) is 0.833. The lowest BCUT2D eigenvalue weighted by Gasteiger charge is -2.41. The van der Waals surface area contributed by atoms with Gasteiger partial charge in [0.25, 0.3) is 0 Å². The highest BCUT2D eigenvalue weighted by atomic mass is 127. The quantitative estimate of drug-likeness (QED) is 0.224. The maximum absolute atomic E-state index is 6.86. The van der Waals surface area contributed by atoms with Crippen molar-refractivity contribution < 1.29 is 0 Å². The minimum absolute atomic E-state index is 0.123. The van der Waals surface area contributed by atoms with Crippen molar-refractivity contribution in [2.75, 3.05) is 0 Å². The van der Waals surface area contributed by atoms with Crippen molar-refractivity contribution in [3.63, 3.8) is 0 Å². The van der Waals surface area contributed by atoms with Crippen molar-refractivity contribution in [2.24, 2.45) is 23.7 Å². The number of alkyl halides is 5. The Morgan fingerprint density at radius 2 is 1.42 bits per heavy atom. The predicted octanol–water partition coefficient (Wildman–Crippen LogP) is 5.91. The first-order valence-corrected chi connectivity index (χ1v) is 9.66. The average molecular weight is 493 g/mol. The third-order valence-corrected chi connectivity index (χ3v) is 11.3. The van der Waals surface area contributed by atoms with E-state index >= 15 is 0 Å². The molecular weight excluding hydrogens is 484 g/mol. The Labute approximate surface area is 155 Å². The highest BCUT2D eigenvalue weighted by molar-refractivity contribution is 14.1. The third-order valence-electron chi connectivity index (χ3n) is 5.59. The van der Waals surface area contributed by atoms with Gasteiger partial charge in [-0.1, -0.05) is 69.0 Å². The Hall–Kier alpha value is 2.21. The highest BCUT2D eigenvalue weighted by Crippen LogP contribution is 2.82. The van der Waals surface area contributed by atoms with Crippen LogP contribution >= 0.6 is 92.2 Å². The van der Waals surface area contributed by atoms with Crippen LogP contribution in [-0.4, -0.2) is 18.0 Å². The lowest BCUT2D eigenvalue weighted by Crippen LogP contribution is -2.46. The molecule has 0 unspecified atom stereocenters. The summed E-state index contributed by atoms with van der Waals surface area (Å²) in [5, 5.41) is 0.711. The molecule has 4 aliphatic carbocycles. The largest absolute Gasteiger partial charge is 0.166 e. The lowest BCUT2D eigenvalue weighted by atomic mass is 9.72. The molecule has 7 heteroatoms. The number of rotatable bonds is 0. The van der Waals surface area contributed by atoms with Crippen molar-refractivity contribution >= 4 is 92.2 Å². The molecule has 0 nitrogen and oxygen atoms in total. The van der Waals surface area contributed by atoms with Crippen LogP contribution in [0.1, 0.15) is 12.8 Å². The molecule has 0 amide bonds. The van der Waals surface area contributed by atoms with Gasteiger partial charge >= 0.3 is 0 Å².